The zero-order valence-corrected chi connectivity index (χ0v) is 12.6. The van der Waals surface area contributed by atoms with E-state index in [-0.39, 0.29) is 5.78 Å². The van der Waals surface area contributed by atoms with Gasteiger partial charge >= 0.3 is 0 Å². The molecule has 0 spiro atoms. The summed E-state index contributed by atoms with van der Waals surface area (Å²) < 4.78 is 5.40. The summed E-state index contributed by atoms with van der Waals surface area (Å²) >= 11 is 1.44. The molecular weight excluding hydrogens is 272 g/mol. The highest BCUT2D eigenvalue weighted by molar-refractivity contribution is 7.19. The van der Waals surface area contributed by atoms with Gasteiger partial charge in [-0.3, -0.25) is 4.79 Å². The second kappa shape index (κ2) is 4.13. The van der Waals surface area contributed by atoms with Crippen molar-refractivity contribution in [3.05, 3.63) is 4.88 Å². The number of carbonyl (C=O) groups is 1. The van der Waals surface area contributed by atoms with Crippen LogP contribution in [0.1, 0.15) is 35.9 Å². The Bertz CT molecular complexity index is 567. The number of nitrogens with one attached hydrogen (secondary N) is 1. The average molecular weight is 292 g/mol. The number of methoxy groups -OCH3 is 1. The molecule has 4 rings (SSSR count). The van der Waals surface area contributed by atoms with Crippen LogP contribution in [-0.2, 0) is 0 Å². The number of nitrogen functional groups attached to an aromatic ring is 1. The van der Waals surface area contributed by atoms with E-state index in [1.807, 2.05) is 0 Å². The lowest BCUT2D eigenvalue weighted by atomic mass is 10.0. The number of hydrogen-bond donors (Lipinski definition) is 2. The maximum Gasteiger partial charge on any atom is 0.176 e. The Labute approximate surface area is 122 Å². The van der Waals surface area contributed by atoms with Crippen molar-refractivity contribution >= 4 is 27.8 Å². The maximum absolute atomic E-state index is 11.6. The lowest BCUT2D eigenvalue weighted by Gasteiger charge is -2.11. The van der Waals surface area contributed by atoms with Gasteiger partial charge in [0.15, 0.2) is 11.5 Å². The maximum atomic E-state index is 11.6. The summed E-state index contributed by atoms with van der Waals surface area (Å²) in [4.78, 5) is 12.2. The van der Waals surface area contributed by atoms with Gasteiger partial charge in [-0.1, -0.05) is 0 Å². The predicted molar refractivity (Wildman–Crippen MR) is 80.5 cm³/mol. The van der Waals surface area contributed by atoms with E-state index in [9.17, 15) is 4.79 Å². The largest absolute Gasteiger partial charge is 0.492 e. The molecule has 0 aliphatic heterocycles. The smallest absolute Gasteiger partial charge is 0.176 e. The summed E-state index contributed by atoms with van der Waals surface area (Å²) in [5.74, 6) is 4.22. The molecule has 20 heavy (non-hydrogen) atoms. The molecule has 0 amide bonds. The first-order valence-electron chi connectivity index (χ1n) is 7.35. The van der Waals surface area contributed by atoms with Crippen molar-refractivity contribution in [2.45, 2.75) is 32.2 Å². The fourth-order valence-electron chi connectivity index (χ4n) is 4.66. The number of carbonyl (C=O) groups excluding carboxylic acids is 1. The molecule has 3 N–H and O–H groups in total. The van der Waals surface area contributed by atoms with Crippen LogP contribution in [0.5, 0.6) is 5.75 Å². The minimum Gasteiger partial charge on any atom is -0.492 e. The van der Waals surface area contributed by atoms with Gasteiger partial charge < -0.3 is 15.8 Å². The molecule has 0 saturated heterocycles. The minimum absolute atomic E-state index is 0.00918. The Balaban J connectivity index is 1.58. The van der Waals surface area contributed by atoms with Crippen molar-refractivity contribution in [1.82, 2.24) is 0 Å². The van der Waals surface area contributed by atoms with Crippen LogP contribution >= 0.6 is 11.3 Å². The molecule has 4 nitrogen and oxygen atoms in total. The van der Waals surface area contributed by atoms with Gasteiger partial charge in [0.05, 0.1) is 17.7 Å². The van der Waals surface area contributed by atoms with Gasteiger partial charge in [0, 0.05) is 13.0 Å². The quantitative estimate of drug-likeness (QED) is 0.837. The summed E-state index contributed by atoms with van der Waals surface area (Å²) in [6.45, 7) is 1.55. The fraction of sp³-hybridized carbons (Fsp3) is 0.667. The van der Waals surface area contributed by atoms with Crippen molar-refractivity contribution in [2.24, 2.45) is 23.7 Å². The number of hydrogen-bond acceptors (Lipinski definition) is 5. The van der Waals surface area contributed by atoms with Crippen molar-refractivity contribution in [3.8, 4) is 5.75 Å². The van der Waals surface area contributed by atoms with Crippen LogP contribution in [-0.4, -0.2) is 18.9 Å². The molecule has 3 aliphatic carbocycles. The van der Waals surface area contributed by atoms with Crippen LogP contribution in [0.25, 0.3) is 0 Å². The lowest BCUT2D eigenvalue weighted by Crippen LogP contribution is -2.12. The van der Waals surface area contributed by atoms with Gasteiger partial charge in [0.25, 0.3) is 0 Å². The van der Waals surface area contributed by atoms with Crippen molar-refractivity contribution in [2.75, 3.05) is 18.2 Å². The number of ketones is 1. The number of thiophene rings is 1. The van der Waals surface area contributed by atoms with E-state index in [0.717, 1.165) is 28.7 Å². The van der Waals surface area contributed by atoms with Gasteiger partial charge in [-0.15, -0.1) is 11.3 Å². The minimum atomic E-state index is 0.00918. The zero-order valence-electron chi connectivity index (χ0n) is 11.8. The van der Waals surface area contributed by atoms with Gasteiger partial charge in [0.2, 0.25) is 0 Å². The second-order valence-corrected chi connectivity index (χ2v) is 7.44. The van der Waals surface area contributed by atoms with E-state index >= 15 is 0 Å². The predicted octanol–water partition coefficient (Wildman–Crippen LogP) is 3.00. The number of nitrogens with two attached hydrogens (primary N) is 1. The Morgan fingerprint density at radius 2 is 2.00 bits per heavy atom. The average Bonchev–Trinajstić information content (AvgIpc) is 2.78. The number of fused-ring (bicyclic) bond motifs is 5. The zero-order chi connectivity index (χ0) is 14.0. The molecule has 3 fully saturated rings. The van der Waals surface area contributed by atoms with Gasteiger partial charge in [-0.2, -0.15) is 0 Å². The second-order valence-electron chi connectivity index (χ2n) is 6.42. The number of rotatable bonds is 4. The number of anilines is 2. The highest BCUT2D eigenvalue weighted by Gasteiger charge is 2.65. The molecule has 1 heterocycles. The molecule has 1 aromatic heterocycles. The van der Waals surface area contributed by atoms with Crippen molar-refractivity contribution < 1.29 is 9.53 Å². The molecule has 4 unspecified atom stereocenters. The summed E-state index contributed by atoms with van der Waals surface area (Å²) in [5, 5.41) is 4.55. The monoisotopic (exact) mass is 292 g/mol. The first kappa shape index (κ1) is 12.5. The Morgan fingerprint density at radius 1 is 1.35 bits per heavy atom. The third-order valence-electron chi connectivity index (χ3n) is 5.46. The fourth-order valence-corrected chi connectivity index (χ4v) is 5.69. The standard InChI is InChI=1S/C15H20N2O2S/c1-6(18)14-11(16)13(19-2)15(20-14)17-12-9-7-3-4-8(5-7)10(9)12/h7-10,12,17H,3-5,16H2,1-2H3. The van der Waals surface area contributed by atoms with Crippen LogP contribution in [0, 0.1) is 23.7 Å². The summed E-state index contributed by atoms with van der Waals surface area (Å²) in [5.41, 5.74) is 6.51. The van der Waals surface area contributed by atoms with Crippen LogP contribution in [0.15, 0.2) is 0 Å². The van der Waals surface area contributed by atoms with Gasteiger partial charge in [0.1, 0.15) is 5.00 Å². The third kappa shape index (κ3) is 1.56. The van der Waals surface area contributed by atoms with Crippen molar-refractivity contribution in [1.29, 1.82) is 0 Å². The first-order chi connectivity index (χ1) is 9.61. The van der Waals surface area contributed by atoms with Crippen molar-refractivity contribution in [3.63, 3.8) is 0 Å². The molecule has 0 aromatic carbocycles. The normalized spacial score (nSPS) is 36.8. The molecule has 108 valence electrons. The van der Waals surface area contributed by atoms with Gasteiger partial charge in [-0.25, -0.2) is 0 Å². The van der Waals surface area contributed by atoms with Crippen LogP contribution in [0.4, 0.5) is 10.7 Å². The highest BCUT2D eigenvalue weighted by Crippen LogP contribution is 2.66. The Kier molecular flexibility index (Phi) is 2.58. The first-order valence-corrected chi connectivity index (χ1v) is 8.17. The molecule has 2 bridgehead atoms. The van der Waals surface area contributed by atoms with Crippen LogP contribution < -0.4 is 15.8 Å². The third-order valence-corrected chi connectivity index (χ3v) is 6.68. The van der Waals surface area contributed by atoms with Gasteiger partial charge in [-0.05, 0) is 42.9 Å². The molecule has 3 aliphatic rings. The topological polar surface area (TPSA) is 64.3 Å². The van der Waals surface area contributed by atoms with E-state index in [1.165, 1.54) is 30.6 Å². The Morgan fingerprint density at radius 3 is 2.55 bits per heavy atom. The molecule has 4 atom stereocenters. The van der Waals surface area contributed by atoms with E-state index < -0.39 is 0 Å². The lowest BCUT2D eigenvalue weighted by molar-refractivity contribution is 0.102. The summed E-state index contributed by atoms with van der Waals surface area (Å²) in [6.07, 6.45) is 4.26. The van der Waals surface area contributed by atoms with E-state index in [2.05, 4.69) is 5.32 Å². The van der Waals surface area contributed by atoms with Crippen LogP contribution in [0.2, 0.25) is 0 Å². The highest BCUT2D eigenvalue weighted by atomic mass is 32.1. The summed E-state index contributed by atoms with van der Waals surface area (Å²) in [7, 11) is 1.62. The molecular formula is C15H20N2O2S. The molecule has 3 saturated carbocycles. The van der Waals surface area contributed by atoms with Crippen LogP contribution in [0.3, 0.4) is 0 Å². The van der Waals surface area contributed by atoms with E-state index in [4.69, 9.17) is 10.5 Å². The summed E-state index contributed by atoms with van der Waals surface area (Å²) in [6, 6.07) is 0.577. The number of ether oxygens (including phenoxy) is 1. The molecule has 0 radical (unpaired) electrons. The number of Topliss-reactive ketones (excluding diaryl/α,β-unsaturated/α-hetero) is 1. The Hall–Kier alpha value is -1.23. The SMILES string of the molecule is COc1c(NC2C3C4CCC(C4)C23)sc(C(C)=O)c1N. The molecule has 1 aromatic rings. The van der Waals surface area contributed by atoms with E-state index in [1.54, 1.807) is 14.0 Å². The van der Waals surface area contributed by atoms with E-state index in [0.29, 0.717) is 22.4 Å². The molecule has 5 heteroatoms.